The molecule has 0 bridgehead atoms. The molecule has 2 N–H and O–H groups in total. The number of nitrogens with one attached hydrogen (secondary N) is 1. The van der Waals surface area contributed by atoms with Crippen molar-refractivity contribution in [2.24, 2.45) is 0 Å². The molecule has 0 amide bonds. The van der Waals surface area contributed by atoms with E-state index in [1.165, 1.54) is 6.07 Å². The molecule has 0 spiro atoms. The number of nitrogens with zero attached hydrogens (tertiary/aromatic N) is 2. The van der Waals surface area contributed by atoms with Crippen LogP contribution in [0.25, 0.3) is 0 Å². The number of benzene rings is 1. The highest BCUT2D eigenvalue weighted by Gasteiger charge is 2.33. The molecule has 0 aromatic heterocycles. The molecule has 1 aliphatic heterocycles. The van der Waals surface area contributed by atoms with Gasteiger partial charge in [-0.25, -0.2) is 0 Å². The second kappa shape index (κ2) is 5.87. The van der Waals surface area contributed by atoms with Gasteiger partial charge in [0.1, 0.15) is 0 Å². The molecular formula is C14H21N3O4. The van der Waals surface area contributed by atoms with Gasteiger partial charge in [0.2, 0.25) is 0 Å². The van der Waals surface area contributed by atoms with Crippen LogP contribution >= 0.6 is 0 Å². The quantitative estimate of drug-likeness (QED) is 0.648. The van der Waals surface area contributed by atoms with Crippen molar-refractivity contribution in [3.63, 3.8) is 0 Å². The van der Waals surface area contributed by atoms with E-state index in [1.54, 1.807) is 13.1 Å². The first-order valence-corrected chi connectivity index (χ1v) is 6.85. The van der Waals surface area contributed by atoms with Gasteiger partial charge in [-0.15, -0.1) is 0 Å². The third kappa shape index (κ3) is 3.62. The Labute approximate surface area is 123 Å². The van der Waals surface area contributed by atoms with Gasteiger partial charge >= 0.3 is 0 Å². The van der Waals surface area contributed by atoms with Gasteiger partial charge in [0.05, 0.1) is 23.2 Å². The van der Waals surface area contributed by atoms with Crippen LogP contribution < -0.4 is 10.2 Å². The summed E-state index contributed by atoms with van der Waals surface area (Å²) in [5.41, 5.74) is 1.06. The van der Waals surface area contributed by atoms with E-state index in [-0.39, 0.29) is 18.4 Å². The van der Waals surface area contributed by atoms with Crippen LogP contribution in [-0.2, 0) is 4.74 Å². The zero-order chi connectivity index (χ0) is 15.6. The van der Waals surface area contributed by atoms with Crippen LogP contribution in [0.4, 0.5) is 17.1 Å². The van der Waals surface area contributed by atoms with Gasteiger partial charge in [-0.1, -0.05) is 0 Å². The molecule has 21 heavy (non-hydrogen) atoms. The van der Waals surface area contributed by atoms with Crippen LogP contribution in [0.3, 0.4) is 0 Å². The molecule has 7 heteroatoms. The molecule has 1 atom stereocenters. The summed E-state index contributed by atoms with van der Waals surface area (Å²) >= 11 is 0. The largest absolute Gasteiger partial charge is 0.394 e. The lowest BCUT2D eigenvalue weighted by Crippen LogP contribution is -2.54. The molecule has 0 saturated carbocycles. The van der Waals surface area contributed by atoms with Crippen molar-refractivity contribution >= 4 is 17.1 Å². The summed E-state index contributed by atoms with van der Waals surface area (Å²) in [5.74, 6) is 0. The third-order valence-corrected chi connectivity index (χ3v) is 3.45. The van der Waals surface area contributed by atoms with E-state index in [4.69, 9.17) is 4.74 Å². The predicted octanol–water partition coefficient (Wildman–Crippen LogP) is 1.61. The molecule has 116 valence electrons. The number of aliphatic hydroxyl groups is 1. The number of ether oxygens (including phenoxy) is 1. The molecule has 2 rings (SSSR count). The molecule has 1 unspecified atom stereocenters. The smallest absolute Gasteiger partial charge is 0.273 e. The first kappa shape index (κ1) is 15.5. The number of rotatable bonds is 4. The summed E-state index contributed by atoms with van der Waals surface area (Å²) in [6.45, 7) is 4.92. The lowest BCUT2D eigenvalue weighted by Gasteiger charge is -2.43. The fraction of sp³-hybridized carbons (Fsp3) is 0.571. The maximum Gasteiger partial charge on any atom is 0.273 e. The summed E-state index contributed by atoms with van der Waals surface area (Å²) in [7, 11) is 1.72. The van der Waals surface area contributed by atoms with Gasteiger partial charge in [0.25, 0.3) is 5.69 Å². The average molecular weight is 295 g/mol. The number of hydrogen-bond donors (Lipinski definition) is 2. The van der Waals surface area contributed by atoms with E-state index >= 15 is 0 Å². The molecule has 1 heterocycles. The van der Waals surface area contributed by atoms with Crippen LogP contribution in [-0.4, -0.2) is 48.5 Å². The summed E-state index contributed by atoms with van der Waals surface area (Å²) in [6.07, 6.45) is -0.300. The fourth-order valence-electron chi connectivity index (χ4n) is 2.61. The monoisotopic (exact) mass is 295 g/mol. The Hall–Kier alpha value is -1.86. The van der Waals surface area contributed by atoms with Crippen LogP contribution in [0.15, 0.2) is 18.2 Å². The lowest BCUT2D eigenvalue weighted by atomic mass is 10.0. The van der Waals surface area contributed by atoms with Crippen LogP contribution in [0.5, 0.6) is 0 Å². The Morgan fingerprint density at radius 1 is 1.52 bits per heavy atom. The minimum Gasteiger partial charge on any atom is -0.394 e. The van der Waals surface area contributed by atoms with E-state index in [0.717, 1.165) is 5.69 Å². The Balaban J connectivity index is 2.35. The minimum absolute atomic E-state index is 0.0432. The van der Waals surface area contributed by atoms with Crippen molar-refractivity contribution in [3.8, 4) is 0 Å². The van der Waals surface area contributed by atoms with Crippen molar-refractivity contribution < 1.29 is 14.8 Å². The molecule has 1 aromatic rings. The van der Waals surface area contributed by atoms with E-state index in [1.807, 2.05) is 24.8 Å². The van der Waals surface area contributed by atoms with Crippen LogP contribution in [0, 0.1) is 10.1 Å². The summed E-state index contributed by atoms with van der Waals surface area (Å²) in [4.78, 5) is 12.7. The Morgan fingerprint density at radius 3 is 2.81 bits per heavy atom. The highest BCUT2D eigenvalue weighted by molar-refractivity contribution is 5.64. The predicted molar refractivity (Wildman–Crippen MR) is 80.9 cm³/mol. The third-order valence-electron chi connectivity index (χ3n) is 3.45. The SMILES string of the molecule is CNc1cc(N2CC(CO)OC(C)(C)C2)cc([N+](=O)[O-])c1. The van der Waals surface area contributed by atoms with Crippen molar-refractivity contribution in [1.29, 1.82) is 0 Å². The van der Waals surface area contributed by atoms with Crippen molar-refractivity contribution in [3.05, 3.63) is 28.3 Å². The molecular weight excluding hydrogens is 274 g/mol. The van der Waals surface area contributed by atoms with Crippen molar-refractivity contribution in [1.82, 2.24) is 0 Å². The first-order chi connectivity index (χ1) is 9.84. The molecule has 0 aliphatic carbocycles. The number of aliphatic hydroxyl groups excluding tert-OH is 1. The highest BCUT2D eigenvalue weighted by Crippen LogP contribution is 2.31. The average Bonchev–Trinajstić information content (AvgIpc) is 2.44. The van der Waals surface area contributed by atoms with E-state index < -0.39 is 10.5 Å². The van der Waals surface area contributed by atoms with Crippen molar-refractivity contribution in [2.75, 3.05) is 37.0 Å². The second-order valence-electron chi connectivity index (χ2n) is 5.81. The van der Waals surface area contributed by atoms with Gasteiger partial charge in [-0.3, -0.25) is 10.1 Å². The summed E-state index contributed by atoms with van der Waals surface area (Å²) < 4.78 is 5.77. The summed E-state index contributed by atoms with van der Waals surface area (Å²) in [6, 6.07) is 4.91. The first-order valence-electron chi connectivity index (χ1n) is 6.85. The fourth-order valence-corrected chi connectivity index (χ4v) is 2.61. The van der Waals surface area contributed by atoms with Gasteiger partial charge in [0.15, 0.2) is 0 Å². The zero-order valence-electron chi connectivity index (χ0n) is 12.5. The number of nitro benzene ring substituents is 1. The van der Waals surface area contributed by atoms with Gasteiger partial charge in [0, 0.05) is 43.6 Å². The molecule has 1 saturated heterocycles. The molecule has 1 fully saturated rings. The Kier molecular flexibility index (Phi) is 4.34. The number of anilines is 2. The number of non-ortho nitro benzene ring substituents is 1. The van der Waals surface area contributed by atoms with E-state index in [9.17, 15) is 15.2 Å². The van der Waals surface area contributed by atoms with Gasteiger partial charge < -0.3 is 20.1 Å². The molecule has 1 aliphatic rings. The zero-order valence-corrected chi connectivity index (χ0v) is 12.5. The van der Waals surface area contributed by atoms with E-state index in [2.05, 4.69) is 5.32 Å². The summed E-state index contributed by atoms with van der Waals surface area (Å²) in [5, 5.41) is 23.3. The van der Waals surface area contributed by atoms with Gasteiger partial charge in [-0.2, -0.15) is 0 Å². The lowest BCUT2D eigenvalue weighted by molar-refractivity contribution is -0.384. The van der Waals surface area contributed by atoms with E-state index in [0.29, 0.717) is 18.8 Å². The number of hydrogen-bond acceptors (Lipinski definition) is 6. The Morgan fingerprint density at radius 2 is 2.24 bits per heavy atom. The standard InChI is InChI=1S/C14H21N3O4/c1-14(2)9-16(7-13(8-18)21-14)11-4-10(15-3)5-12(6-11)17(19)20/h4-6,13,15,18H,7-9H2,1-3H3. The Bertz CT molecular complexity index is 533. The maximum atomic E-state index is 11.0. The highest BCUT2D eigenvalue weighted by atomic mass is 16.6. The minimum atomic E-state index is -0.421. The number of nitro groups is 1. The molecule has 1 aromatic carbocycles. The van der Waals surface area contributed by atoms with Crippen LogP contribution in [0.1, 0.15) is 13.8 Å². The normalized spacial score (nSPS) is 21.1. The second-order valence-corrected chi connectivity index (χ2v) is 5.81. The molecule has 7 nitrogen and oxygen atoms in total. The maximum absolute atomic E-state index is 11.0. The van der Waals surface area contributed by atoms with Crippen LogP contribution in [0.2, 0.25) is 0 Å². The number of morpholine rings is 1. The van der Waals surface area contributed by atoms with Crippen molar-refractivity contribution in [2.45, 2.75) is 25.6 Å². The van der Waals surface area contributed by atoms with Gasteiger partial charge in [-0.05, 0) is 19.9 Å². The molecule has 0 radical (unpaired) electrons. The topological polar surface area (TPSA) is 87.9 Å².